The Kier molecular flexibility index (Phi) is 3.35. The van der Waals surface area contributed by atoms with E-state index in [-0.39, 0.29) is 0 Å². The normalized spacial score (nSPS) is 11.0. The van der Waals surface area contributed by atoms with Gasteiger partial charge in [0, 0.05) is 7.05 Å². The van der Waals surface area contributed by atoms with Crippen molar-refractivity contribution in [3.05, 3.63) is 39.7 Å². The zero-order valence-electron chi connectivity index (χ0n) is 10.8. The number of aryl methyl sites for hydroxylation is 2. The number of aromatic nitrogens is 4. The largest absolute Gasteiger partial charge is 0.437 e. The molecule has 0 unspecified atom stereocenters. The van der Waals surface area contributed by atoms with Gasteiger partial charge in [-0.1, -0.05) is 17.7 Å². The summed E-state index contributed by atoms with van der Waals surface area (Å²) in [5.41, 5.74) is 1.75. The summed E-state index contributed by atoms with van der Waals surface area (Å²) in [4.78, 5) is 8.35. The summed E-state index contributed by atoms with van der Waals surface area (Å²) in [6.45, 7) is 1.97. The summed E-state index contributed by atoms with van der Waals surface area (Å²) < 4.78 is 8.10. The minimum absolute atomic E-state index is 0.417. The number of rotatable bonds is 2. The predicted molar refractivity (Wildman–Crippen MR) is 80.3 cm³/mol. The molecule has 3 rings (SSSR count). The number of ether oxygens (including phenoxy) is 1. The maximum atomic E-state index is 6.17. The summed E-state index contributed by atoms with van der Waals surface area (Å²) in [7, 11) is 1.81. The molecule has 1 aromatic carbocycles. The summed E-state index contributed by atoms with van der Waals surface area (Å²) in [5, 5.41) is 5.50. The van der Waals surface area contributed by atoms with Gasteiger partial charge in [-0.15, -0.1) is 0 Å². The van der Waals surface area contributed by atoms with E-state index in [1.54, 1.807) is 4.68 Å². The Morgan fingerprint density at radius 2 is 2.10 bits per heavy atom. The van der Waals surface area contributed by atoms with Crippen LogP contribution in [-0.4, -0.2) is 19.7 Å². The molecule has 0 saturated carbocycles. The van der Waals surface area contributed by atoms with Crippen molar-refractivity contribution in [3.8, 4) is 11.6 Å². The first-order valence-electron chi connectivity index (χ1n) is 5.83. The molecule has 0 spiro atoms. The molecular weight excluding hydrogens is 344 g/mol. The molecule has 0 aliphatic carbocycles. The second-order valence-corrected chi connectivity index (χ2v) is 5.49. The molecule has 102 valence electrons. The number of benzene rings is 1. The van der Waals surface area contributed by atoms with Crippen molar-refractivity contribution in [2.24, 2.45) is 7.05 Å². The summed E-state index contributed by atoms with van der Waals surface area (Å²) in [5.74, 6) is 0.966. The van der Waals surface area contributed by atoms with Crippen LogP contribution in [0, 0.1) is 6.92 Å². The standard InChI is InChI=1S/C13H10BrClN4O/c1-7-3-4-9(8(15)5-7)20-13-10-11(14)18-19(2)12(10)16-6-17-13/h3-6H,1-2H3. The molecule has 7 heteroatoms. The highest BCUT2D eigenvalue weighted by atomic mass is 79.9. The van der Waals surface area contributed by atoms with Gasteiger partial charge in [-0.3, -0.25) is 0 Å². The molecule has 2 aromatic heterocycles. The quantitative estimate of drug-likeness (QED) is 0.701. The van der Waals surface area contributed by atoms with Gasteiger partial charge in [0.1, 0.15) is 22.1 Å². The van der Waals surface area contributed by atoms with Crippen LogP contribution < -0.4 is 4.74 Å². The molecule has 0 aliphatic rings. The molecule has 5 nitrogen and oxygen atoms in total. The van der Waals surface area contributed by atoms with E-state index in [2.05, 4.69) is 31.0 Å². The lowest BCUT2D eigenvalue weighted by atomic mass is 10.2. The SMILES string of the molecule is Cc1ccc(Oc2ncnc3c2c(Br)nn3C)c(Cl)c1. The van der Waals surface area contributed by atoms with Crippen molar-refractivity contribution in [1.82, 2.24) is 19.7 Å². The van der Waals surface area contributed by atoms with Gasteiger partial charge in [0.15, 0.2) is 5.65 Å². The van der Waals surface area contributed by atoms with E-state index < -0.39 is 0 Å². The smallest absolute Gasteiger partial charge is 0.234 e. The molecule has 0 amide bonds. The third kappa shape index (κ3) is 2.25. The highest BCUT2D eigenvalue weighted by Gasteiger charge is 2.16. The highest BCUT2D eigenvalue weighted by Crippen LogP contribution is 2.34. The molecule has 3 aromatic rings. The molecule has 0 aliphatic heterocycles. The van der Waals surface area contributed by atoms with Crippen LogP contribution in [0.5, 0.6) is 11.6 Å². The number of nitrogens with zero attached hydrogens (tertiary/aromatic N) is 4. The zero-order valence-corrected chi connectivity index (χ0v) is 13.1. The van der Waals surface area contributed by atoms with Crippen LogP contribution in [0.4, 0.5) is 0 Å². The van der Waals surface area contributed by atoms with Crippen LogP contribution >= 0.6 is 27.5 Å². The minimum Gasteiger partial charge on any atom is -0.437 e. The van der Waals surface area contributed by atoms with Crippen LogP contribution in [0.25, 0.3) is 11.0 Å². The second kappa shape index (κ2) is 5.03. The van der Waals surface area contributed by atoms with Crippen molar-refractivity contribution in [1.29, 1.82) is 0 Å². The predicted octanol–water partition coefficient (Wildman–Crippen LogP) is 3.88. The Hall–Kier alpha value is -1.66. The van der Waals surface area contributed by atoms with E-state index in [0.717, 1.165) is 5.56 Å². The number of hydrogen-bond donors (Lipinski definition) is 0. The topological polar surface area (TPSA) is 52.8 Å². The Balaban J connectivity index is 2.11. The lowest BCUT2D eigenvalue weighted by molar-refractivity contribution is 0.468. The van der Waals surface area contributed by atoms with Crippen molar-refractivity contribution in [2.45, 2.75) is 6.92 Å². The summed E-state index contributed by atoms with van der Waals surface area (Å²) in [6.07, 6.45) is 1.44. The van der Waals surface area contributed by atoms with E-state index in [1.165, 1.54) is 6.33 Å². The number of halogens is 2. The minimum atomic E-state index is 0.417. The van der Waals surface area contributed by atoms with E-state index in [0.29, 0.717) is 32.3 Å². The van der Waals surface area contributed by atoms with Gasteiger partial charge >= 0.3 is 0 Å². The molecule has 0 N–H and O–H groups in total. The maximum absolute atomic E-state index is 6.17. The number of hydrogen-bond acceptors (Lipinski definition) is 4. The fraction of sp³-hybridized carbons (Fsp3) is 0.154. The highest BCUT2D eigenvalue weighted by molar-refractivity contribution is 9.10. The maximum Gasteiger partial charge on any atom is 0.234 e. The van der Waals surface area contributed by atoms with Gasteiger partial charge in [0.25, 0.3) is 0 Å². The van der Waals surface area contributed by atoms with Gasteiger partial charge in [-0.25, -0.2) is 14.6 Å². The first-order valence-corrected chi connectivity index (χ1v) is 7.00. The Labute approximate surface area is 128 Å². The molecule has 2 heterocycles. The van der Waals surface area contributed by atoms with Crippen LogP contribution in [0.2, 0.25) is 5.02 Å². The van der Waals surface area contributed by atoms with Crippen LogP contribution in [-0.2, 0) is 7.05 Å². The third-order valence-corrected chi connectivity index (χ3v) is 3.69. The molecule has 20 heavy (non-hydrogen) atoms. The molecular formula is C13H10BrClN4O. The fourth-order valence-corrected chi connectivity index (χ4v) is 2.74. The van der Waals surface area contributed by atoms with Crippen molar-refractivity contribution < 1.29 is 4.74 Å². The van der Waals surface area contributed by atoms with Gasteiger partial charge in [0.2, 0.25) is 5.88 Å². The molecule has 0 atom stereocenters. The van der Waals surface area contributed by atoms with Crippen molar-refractivity contribution in [2.75, 3.05) is 0 Å². The van der Waals surface area contributed by atoms with Crippen LogP contribution in [0.3, 0.4) is 0 Å². The lowest BCUT2D eigenvalue weighted by Crippen LogP contribution is -1.94. The summed E-state index contributed by atoms with van der Waals surface area (Å²) >= 11 is 9.56. The first kappa shape index (κ1) is 13.3. The van der Waals surface area contributed by atoms with E-state index in [4.69, 9.17) is 16.3 Å². The van der Waals surface area contributed by atoms with Crippen LogP contribution in [0.15, 0.2) is 29.1 Å². The first-order chi connectivity index (χ1) is 9.56. The molecule has 0 fully saturated rings. The molecule has 0 saturated heterocycles. The number of fused-ring (bicyclic) bond motifs is 1. The van der Waals surface area contributed by atoms with Gasteiger partial charge < -0.3 is 4.74 Å². The third-order valence-electron chi connectivity index (χ3n) is 2.84. The van der Waals surface area contributed by atoms with E-state index >= 15 is 0 Å². The Morgan fingerprint density at radius 3 is 2.85 bits per heavy atom. The monoisotopic (exact) mass is 352 g/mol. The fourth-order valence-electron chi connectivity index (χ4n) is 1.89. The lowest BCUT2D eigenvalue weighted by Gasteiger charge is -2.07. The zero-order chi connectivity index (χ0) is 14.3. The van der Waals surface area contributed by atoms with Gasteiger partial charge in [-0.2, -0.15) is 5.10 Å². The van der Waals surface area contributed by atoms with Gasteiger partial charge in [0.05, 0.1) is 5.02 Å². The molecule has 0 radical (unpaired) electrons. The summed E-state index contributed by atoms with van der Waals surface area (Å²) in [6, 6.07) is 5.58. The van der Waals surface area contributed by atoms with E-state index in [9.17, 15) is 0 Å². The average Bonchev–Trinajstić information content (AvgIpc) is 2.69. The van der Waals surface area contributed by atoms with Crippen LogP contribution in [0.1, 0.15) is 5.56 Å². The Morgan fingerprint density at radius 1 is 1.30 bits per heavy atom. The molecule has 0 bridgehead atoms. The Bertz CT molecular complexity index is 802. The van der Waals surface area contributed by atoms with Crippen molar-refractivity contribution >= 4 is 38.6 Å². The van der Waals surface area contributed by atoms with Crippen molar-refractivity contribution in [3.63, 3.8) is 0 Å². The second-order valence-electron chi connectivity index (χ2n) is 4.33. The average molecular weight is 354 g/mol. The van der Waals surface area contributed by atoms with E-state index in [1.807, 2.05) is 32.2 Å². The van der Waals surface area contributed by atoms with Gasteiger partial charge in [-0.05, 0) is 40.5 Å².